The van der Waals surface area contributed by atoms with Gasteiger partial charge in [-0.1, -0.05) is 47.5 Å². The summed E-state index contributed by atoms with van der Waals surface area (Å²) in [6.07, 6.45) is 0.132. The number of nitrogens with one attached hydrogen (secondary N) is 2. The summed E-state index contributed by atoms with van der Waals surface area (Å²) in [4.78, 5) is 23.6. The van der Waals surface area contributed by atoms with Crippen LogP contribution >= 0.6 is 23.2 Å². The zero-order valence-electron chi connectivity index (χ0n) is 13.2. The van der Waals surface area contributed by atoms with Gasteiger partial charge in [0.2, 0.25) is 11.8 Å². The van der Waals surface area contributed by atoms with Crippen molar-refractivity contribution in [2.45, 2.75) is 25.9 Å². The van der Waals surface area contributed by atoms with E-state index in [1.165, 1.54) is 6.92 Å². The Labute approximate surface area is 151 Å². The van der Waals surface area contributed by atoms with E-state index in [1.54, 1.807) is 30.3 Å². The van der Waals surface area contributed by atoms with Crippen molar-refractivity contribution >= 4 is 35.0 Å². The molecule has 1 unspecified atom stereocenters. The van der Waals surface area contributed by atoms with E-state index in [-0.39, 0.29) is 18.2 Å². The normalized spacial score (nSPS) is 11.6. The molecule has 0 spiro atoms. The lowest BCUT2D eigenvalue weighted by atomic mass is 10.0. The van der Waals surface area contributed by atoms with Gasteiger partial charge in [0.15, 0.2) is 0 Å². The van der Waals surface area contributed by atoms with Crippen molar-refractivity contribution in [3.8, 4) is 0 Å². The van der Waals surface area contributed by atoms with Crippen LogP contribution in [0.2, 0.25) is 10.0 Å². The van der Waals surface area contributed by atoms with E-state index in [2.05, 4.69) is 10.6 Å². The Hall–Kier alpha value is -2.04. The second-order valence-electron chi connectivity index (χ2n) is 5.42. The summed E-state index contributed by atoms with van der Waals surface area (Å²) in [5, 5.41) is 6.83. The van der Waals surface area contributed by atoms with Gasteiger partial charge in [-0.25, -0.2) is 0 Å². The number of rotatable bonds is 6. The van der Waals surface area contributed by atoms with Crippen molar-refractivity contribution in [3.63, 3.8) is 0 Å². The highest BCUT2D eigenvalue weighted by atomic mass is 35.5. The molecule has 0 fully saturated rings. The molecule has 6 heteroatoms. The monoisotopic (exact) mass is 364 g/mol. The molecule has 126 valence electrons. The van der Waals surface area contributed by atoms with Crippen LogP contribution in [0.1, 0.15) is 30.5 Å². The van der Waals surface area contributed by atoms with E-state index >= 15 is 0 Å². The fraction of sp³-hybridized carbons (Fsp3) is 0.222. The topological polar surface area (TPSA) is 58.2 Å². The first kappa shape index (κ1) is 18.3. The average Bonchev–Trinajstić information content (AvgIpc) is 2.53. The molecular formula is C18H18Cl2N2O2. The molecular weight excluding hydrogens is 347 g/mol. The van der Waals surface area contributed by atoms with Crippen molar-refractivity contribution in [2.75, 3.05) is 0 Å². The second kappa shape index (κ2) is 8.71. The van der Waals surface area contributed by atoms with Crippen LogP contribution in [0.3, 0.4) is 0 Å². The van der Waals surface area contributed by atoms with Crippen LogP contribution in [0.5, 0.6) is 0 Å². The average molecular weight is 365 g/mol. The quantitative estimate of drug-likeness (QED) is 0.816. The summed E-state index contributed by atoms with van der Waals surface area (Å²) in [7, 11) is 0. The molecule has 0 radical (unpaired) electrons. The molecule has 1 atom stereocenters. The van der Waals surface area contributed by atoms with E-state index < -0.39 is 6.04 Å². The number of benzene rings is 2. The van der Waals surface area contributed by atoms with Gasteiger partial charge in [-0.2, -0.15) is 0 Å². The van der Waals surface area contributed by atoms with Crippen LogP contribution in [0, 0.1) is 0 Å². The summed E-state index contributed by atoms with van der Waals surface area (Å²) in [5.41, 5.74) is 1.74. The number of carbonyl (C=O) groups excluding carboxylic acids is 2. The van der Waals surface area contributed by atoms with Crippen LogP contribution < -0.4 is 10.6 Å². The Morgan fingerprint density at radius 2 is 1.75 bits per heavy atom. The highest BCUT2D eigenvalue weighted by Gasteiger charge is 2.17. The predicted molar refractivity (Wildman–Crippen MR) is 95.9 cm³/mol. The van der Waals surface area contributed by atoms with Gasteiger partial charge >= 0.3 is 0 Å². The Morgan fingerprint density at radius 3 is 2.38 bits per heavy atom. The molecule has 0 aliphatic rings. The summed E-state index contributed by atoms with van der Waals surface area (Å²) < 4.78 is 0. The van der Waals surface area contributed by atoms with Gasteiger partial charge < -0.3 is 10.6 Å². The smallest absolute Gasteiger partial charge is 0.222 e. The van der Waals surface area contributed by atoms with Crippen LogP contribution in [0.15, 0.2) is 48.5 Å². The molecule has 2 amide bonds. The lowest BCUT2D eigenvalue weighted by molar-refractivity contribution is -0.122. The first-order chi connectivity index (χ1) is 11.4. The molecule has 2 aromatic carbocycles. The highest BCUT2D eigenvalue weighted by Crippen LogP contribution is 2.20. The minimum Gasteiger partial charge on any atom is -0.352 e. The summed E-state index contributed by atoms with van der Waals surface area (Å²) >= 11 is 11.8. The third-order valence-corrected chi connectivity index (χ3v) is 3.91. The van der Waals surface area contributed by atoms with Crippen molar-refractivity contribution in [1.29, 1.82) is 0 Å². The van der Waals surface area contributed by atoms with Crippen molar-refractivity contribution in [3.05, 3.63) is 69.7 Å². The van der Waals surface area contributed by atoms with E-state index in [1.807, 2.05) is 18.2 Å². The Bertz CT molecular complexity index is 717. The van der Waals surface area contributed by atoms with Gasteiger partial charge in [-0.05, 0) is 35.4 Å². The van der Waals surface area contributed by atoms with Crippen LogP contribution in [-0.2, 0) is 16.1 Å². The lowest BCUT2D eigenvalue weighted by Gasteiger charge is -2.18. The van der Waals surface area contributed by atoms with E-state index in [0.29, 0.717) is 16.6 Å². The third kappa shape index (κ3) is 5.87. The maximum absolute atomic E-state index is 12.2. The molecule has 2 aromatic rings. The van der Waals surface area contributed by atoms with Crippen LogP contribution in [-0.4, -0.2) is 11.8 Å². The SMILES string of the molecule is CC(=O)NC(CC(=O)NCc1ccc(Cl)cc1)c1cccc(Cl)c1. The van der Waals surface area contributed by atoms with E-state index in [4.69, 9.17) is 23.2 Å². The summed E-state index contributed by atoms with van der Waals surface area (Å²) in [6, 6.07) is 13.9. The van der Waals surface area contributed by atoms with Gasteiger partial charge in [0.25, 0.3) is 0 Å². The Morgan fingerprint density at radius 1 is 1.04 bits per heavy atom. The molecule has 0 aliphatic carbocycles. The predicted octanol–water partition coefficient (Wildman–Crippen LogP) is 3.88. The van der Waals surface area contributed by atoms with Gasteiger partial charge in [-0.15, -0.1) is 0 Å². The van der Waals surface area contributed by atoms with Crippen LogP contribution in [0.25, 0.3) is 0 Å². The van der Waals surface area contributed by atoms with Crippen molar-refractivity contribution in [1.82, 2.24) is 10.6 Å². The lowest BCUT2D eigenvalue weighted by Crippen LogP contribution is -2.32. The van der Waals surface area contributed by atoms with Crippen molar-refractivity contribution in [2.24, 2.45) is 0 Å². The van der Waals surface area contributed by atoms with Crippen molar-refractivity contribution < 1.29 is 9.59 Å². The zero-order chi connectivity index (χ0) is 17.5. The highest BCUT2D eigenvalue weighted by molar-refractivity contribution is 6.30. The molecule has 0 bridgehead atoms. The van der Waals surface area contributed by atoms with Gasteiger partial charge in [0.1, 0.15) is 0 Å². The third-order valence-electron chi connectivity index (χ3n) is 3.42. The van der Waals surface area contributed by atoms with Gasteiger partial charge in [0, 0.05) is 23.5 Å². The maximum atomic E-state index is 12.2. The maximum Gasteiger partial charge on any atom is 0.222 e. The zero-order valence-corrected chi connectivity index (χ0v) is 14.7. The Balaban J connectivity index is 1.99. The van der Waals surface area contributed by atoms with E-state index in [0.717, 1.165) is 11.1 Å². The number of carbonyl (C=O) groups is 2. The molecule has 24 heavy (non-hydrogen) atoms. The fourth-order valence-corrected chi connectivity index (χ4v) is 2.61. The minimum absolute atomic E-state index is 0.132. The summed E-state index contributed by atoms with van der Waals surface area (Å²) in [5.74, 6) is -0.367. The van der Waals surface area contributed by atoms with Gasteiger partial charge in [0.05, 0.1) is 12.5 Å². The number of hydrogen-bond donors (Lipinski definition) is 2. The van der Waals surface area contributed by atoms with Gasteiger partial charge in [-0.3, -0.25) is 9.59 Å². The number of halogens is 2. The second-order valence-corrected chi connectivity index (χ2v) is 6.29. The fourth-order valence-electron chi connectivity index (χ4n) is 2.28. The standard InChI is InChI=1S/C18H18Cl2N2O2/c1-12(23)22-17(14-3-2-4-16(20)9-14)10-18(24)21-11-13-5-7-15(19)8-6-13/h2-9,17H,10-11H2,1H3,(H,21,24)(H,22,23). The molecule has 4 nitrogen and oxygen atoms in total. The van der Waals surface area contributed by atoms with E-state index in [9.17, 15) is 9.59 Å². The number of hydrogen-bond acceptors (Lipinski definition) is 2. The minimum atomic E-state index is -0.425. The largest absolute Gasteiger partial charge is 0.352 e. The first-order valence-corrected chi connectivity index (χ1v) is 8.23. The molecule has 0 saturated carbocycles. The summed E-state index contributed by atoms with van der Waals surface area (Å²) in [6.45, 7) is 1.82. The Kier molecular flexibility index (Phi) is 6.64. The number of amides is 2. The molecule has 2 rings (SSSR count). The molecule has 0 saturated heterocycles. The van der Waals surface area contributed by atoms with Crippen LogP contribution in [0.4, 0.5) is 0 Å². The molecule has 0 aliphatic heterocycles. The molecule has 2 N–H and O–H groups in total. The molecule has 0 aromatic heterocycles. The molecule has 0 heterocycles. The first-order valence-electron chi connectivity index (χ1n) is 7.48.